The Morgan fingerprint density at radius 3 is 2.96 bits per heavy atom. The molecule has 1 aliphatic heterocycles. The van der Waals surface area contributed by atoms with Crippen molar-refractivity contribution < 1.29 is 19.4 Å². The van der Waals surface area contributed by atoms with Gasteiger partial charge in [0, 0.05) is 23.7 Å². The average Bonchev–Trinajstić information content (AvgIpc) is 3.13. The zero-order valence-electron chi connectivity index (χ0n) is 14.3. The summed E-state index contributed by atoms with van der Waals surface area (Å²) >= 11 is 1.41. The molecule has 27 heavy (non-hydrogen) atoms. The number of aromatic carboxylic acids is 1. The molecule has 0 spiro atoms. The first-order valence-electron chi connectivity index (χ1n) is 8.11. The number of likely N-dealkylation sites (N-methyl/N-ethyl adjacent to an activating group) is 1. The molecule has 8 heteroatoms. The molecule has 0 bridgehead atoms. The highest BCUT2D eigenvalue weighted by Crippen LogP contribution is 2.36. The molecule has 2 heterocycles. The molecular weight excluding hydrogens is 366 g/mol. The summed E-state index contributed by atoms with van der Waals surface area (Å²) < 4.78 is 5.44. The number of benzene rings is 2. The van der Waals surface area contributed by atoms with Crippen molar-refractivity contribution in [3.63, 3.8) is 0 Å². The number of carboxylic acid groups (broad SMARTS) is 1. The lowest BCUT2D eigenvalue weighted by Gasteiger charge is -2.26. The van der Waals surface area contributed by atoms with Crippen LogP contribution in [-0.2, 0) is 4.79 Å². The Kier molecular flexibility index (Phi) is 4.25. The van der Waals surface area contributed by atoms with E-state index < -0.39 is 5.97 Å². The summed E-state index contributed by atoms with van der Waals surface area (Å²) in [4.78, 5) is 29.0. The predicted octanol–water partition coefficient (Wildman–Crippen LogP) is 3.61. The lowest BCUT2D eigenvalue weighted by Crippen LogP contribution is -2.35. The number of thiazole rings is 1. The minimum absolute atomic E-state index is 0.0447. The summed E-state index contributed by atoms with van der Waals surface area (Å²) in [6, 6.07) is 12.1. The second-order valence-corrected chi connectivity index (χ2v) is 6.83. The normalized spacial score (nSPS) is 13.1. The van der Waals surface area contributed by atoms with Gasteiger partial charge in [-0.2, -0.15) is 0 Å². The topological polar surface area (TPSA) is 91.8 Å². The molecule has 0 aliphatic carbocycles. The number of rotatable bonds is 4. The number of carbonyl (C=O) groups is 2. The fourth-order valence-corrected chi connectivity index (χ4v) is 3.49. The second kappa shape index (κ2) is 6.73. The highest BCUT2D eigenvalue weighted by atomic mass is 32.1. The predicted molar refractivity (Wildman–Crippen MR) is 103 cm³/mol. The number of fused-ring (bicyclic) bond motifs is 1. The van der Waals surface area contributed by atoms with Gasteiger partial charge < -0.3 is 20.1 Å². The van der Waals surface area contributed by atoms with Crippen LogP contribution in [0.5, 0.6) is 5.75 Å². The second-order valence-electron chi connectivity index (χ2n) is 5.97. The number of amides is 1. The van der Waals surface area contributed by atoms with Gasteiger partial charge in [0.2, 0.25) is 0 Å². The van der Waals surface area contributed by atoms with Gasteiger partial charge in [0.05, 0.1) is 16.9 Å². The van der Waals surface area contributed by atoms with E-state index >= 15 is 0 Å². The van der Waals surface area contributed by atoms with Crippen molar-refractivity contribution in [3.8, 4) is 17.0 Å². The smallest absolute Gasteiger partial charge is 0.335 e. The molecule has 0 fully saturated rings. The summed E-state index contributed by atoms with van der Waals surface area (Å²) in [5.41, 5.74) is 3.19. The van der Waals surface area contributed by atoms with Crippen molar-refractivity contribution in [1.82, 2.24) is 4.98 Å². The maximum Gasteiger partial charge on any atom is 0.335 e. The Morgan fingerprint density at radius 2 is 2.15 bits per heavy atom. The minimum Gasteiger partial charge on any atom is -0.482 e. The van der Waals surface area contributed by atoms with Crippen molar-refractivity contribution in [1.29, 1.82) is 0 Å². The molecule has 0 radical (unpaired) electrons. The van der Waals surface area contributed by atoms with Crippen LogP contribution in [0, 0.1) is 0 Å². The third-order valence-electron chi connectivity index (χ3n) is 4.21. The lowest BCUT2D eigenvalue weighted by molar-refractivity contribution is -0.120. The van der Waals surface area contributed by atoms with Crippen LogP contribution in [0.4, 0.5) is 16.5 Å². The third-order valence-corrected chi connectivity index (χ3v) is 4.96. The molecule has 1 amide bonds. The zero-order valence-corrected chi connectivity index (χ0v) is 15.1. The monoisotopic (exact) mass is 381 g/mol. The van der Waals surface area contributed by atoms with E-state index in [-0.39, 0.29) is 18.1 Å². The van der Waals surface area contributed by atoms with Gasteiger partial charge in [0.25, 0.3) is 5.91 Å². The first kappa shape index (κ1) is 17.0. The van der Waals surface area contributed by atoms with E-state index in [4.69, 9.17) is 9.84 Å². The Hall–Kier alpha value is -3.39. The van der Waals surface area contributed by atoms with Crippen molar-refractivity contribution in [2.45, 2.75) is 0 Å². The Morgan fingerprint density at radius 1 is 1.30 bits per heavy atom. The molecule has 3 aromatic rings. The summed E-state index contributed by atoms with van der Waals surface area (Å²) in [5.74, 6) is -0.410. The molecule has 0 saturated heterocycles. The van der Waals surface area contributed by atoms with Gasteiger partial charge in [-0.25, -0.2) is 9.78 Å². The van der Waals surface area contributed by atoms with Gasteiger partial charge in [-0.1, -0.05) is 6.07 Å². The molecule has 1 aliphatic rings. The Balaban J connectivity index is 1.59. The van der Waals surface area contributed by atoms with Crippen LogP contribution in [0.25, 0.3) is 11.3 Å². The standard InChI is InChI=1S/C19H15N3O4S/c1-22-15-8-11(5-6-16(15)26-9-17(22)23)14-10-27-19(21-14)20-13-4-2-3-12(7-13)18(24)25/h2-8,10H,9H2,1H3,(H,20,21)(H,24,25). The molecule has 1 aromatic heterocycles. The van der Waals surface area contributed by atoms with Gasteiger partial charge in [-0.05, 0) is 36.4 Å². The highest BCUT2D eigenvalue weighted by Gasteiger charge is 2.22. The van der Waals surface area contributed by atoms with E-state index in [1.807, 2.05) is 23.6 Å². The van der Waals surface area contributed by atoms with Crippen molar-refractivity contribution in [3.05, 3.63) is 53.4 Å². The molecule has 4 rings (SSSR count). The molecule has 7 nitrogen and oxygen atoms in total. The van der Waals surface area contributed by atoms with Crippen LogP contribution >= 0.6 is 11.3 Å². The fourth-order valence-electron chi connectivity index (χ4n) is 2.75. The number of ether oxygens (including phenoxy) is 1. The van der Waals surface area contributed by atoms with E-state index in [1.165, 1.54) is 17.4 Å². The number of hydrogen-bond donors (Lipinski definition) is 2. The van der Waals surface area contributed by atoms with Crippen LogP contribution in [0.1, 0.15) is 10.4 Å². The molecule has 0 atom stereocenters. The van der Waals surface area contributed by atoms with E-state index in [2.05, 4.69) is 10.3 Å². The maximum absolute atomic E-state index is 11.8. The number of carbonyl (C=O) groups excluding carboxylic acids is 1. The summed E-state index contributed by atoms with van der Waals surface area (Å²) in [7, 11) is 1.72. The number of nitrogens with zero attached hydrogens (tertiary/aromatic N) is 2. The number of aromatic nitrogens is 1. The first-order valence-corrected chi connectivity index (χ1v) is 8.99. The molecule has 136 valence electrons. The lowest BCUT2D eigenvalue weighted by atomic mass is 10.1. The zero-order chi connectivity index (χ0) is 19.0. The SMILES string of the molecule is CN1C(=O)COc2ccc(-c3csc(Nc4cccc(C(=O)O)c4)n3)cc21. The highest BCUT2D eigenvalue weighted by molar-refractivity contribution is 7.14. The van der Waals surface area contributed by atoms with E-state index in [1.54, 1.807) is 30.1 Å². The molecule has 0 unspecified atom stereocenters. The van der Waals surface area contributed by atoms with Gasteiger partial charge >= 0.3 is 5.97 Å². The Bertz CT molecular complexity index is 1050. The summed E-state index contributed by atoms with van der Waals surface area (Å²) in [5, 5.41) is 14.8. The van der Waals surface area contributed by atoms with E-state index in [0.29, 0.717) is 22.3 Å². The number of carboxylic acids is 1. The van der Waals surface area contributed by atoms with E-state index in [9.17, 15) is 9.59 Å². The largest absolute Gasteiger partial charge is 0.482 e. The quantitative estimate of drug-likeness (QED) is 0.717. The van der Waals surface area contributed by atoms with Crippen LogP contribution in [-0.4, -0.2) is 35.6 Å². The van der Waals surface area contributed by atoms with Crippen LogP contribution < -0.4 is 15.0 Å². The molecule has 2 N–H and O–H groups in total. The van der Waals surface area contributed by atoms with Crippen molar-refractivity contribution >= 4 is 39.7 Å². The van der Waals surface area contributed by atoms with Gasteiger partial charge in [-0.15, -0.1) is 11.3 Å². The number of hydrogen-bond acceptors (Lipinski definition) is 6. The maximum atomic E-state index is 11.8. The van der Waals surface area contributed by atoms with Gasteiger partial charge in [0.15, 0.2) is 11.7 Å². The van der Waals surface area contributed by atoms with Crippen LogP contribution in [0.3, 0.4) is 0 Å². The number of nitrogens with one attached hydrogen (secondary N) is 1. The first-order chi connectivity index (χ1) is 13.0. The van der Waals surface area contributed by atoms with Crippen LogP contribution in [0.2, 0.25) is 0 Å². The third kappa shape index (κ3) is 3.34. The van der Waals surface area contributed by atoms with Crippen molar-refractivity contribution in [2.24, 2.45) is 0 Å². The molecule has 0 saturated carbocycles. The van der Waals surface area contributed by atoms with Gasteiger partial charge in [0.1, 0.15) is 5.75 Å². The molecular formula is C19H15N3O4S. The fraction of sp³-hybridized carbons (Fsp3) is 0.105. The van der Waals surface area contributed by atoms with E-state index in [0.717, 1.165) is 11.3 Å². The average molecular weight is 381 g/mol. The Labute approximate surface area is 158 Å². The summed E-state index contributed by atoms with van der Waals surface area (Å²) in [6.45, 7) is 0.0447. The number of anilines is 3. The minimum atomic E-state index is -0.978. The van der Waals surface area contributed by atoms with Crippen LogP contribution in [0.15, 0.2) is 47.8 Å². The summed E-state index contributed by atoms with van der Waals surface area (Å²) in [6.07, 6.45) is 0. The molecule has 2 aromatic carbocycles. The van der Waals surface area contributed by atoms with Crippen molar-refractivity contribution in [2.75, 3.05) is 23.9 Å². The van der Waals surface area contributed by atoms with Gasteiger partial charge in [-0.3, -0.25) is 4.79 Å².